The summed E-state index contributed by atoms with van der Waals surface area (Å²) in [5, 5.41) is 3.97. The second-order valence-corrected chi connectivity index (χ2v) is 5.16. The normalized spacial score (nSPS) is 26.1. The standard InChI is InChI=1S/C10H17N3S/c1-6-3-4-8-9(7(6)5-12-2)13-10(11)14-8/h6-7,12H,3-5H2,1-2H3,(H2,11,13)/t6-,7?/m1/s1. The van der Waals surface area contributed by atoms with Crippen molar-refractivity contribution in [2.45, 2.75) is 25.7 Å². The van der Waals surface area contributed by atoms with E-state index in [1.807, 2.05) is 7.05 Å². The number of fused-ring (bicyclic) bond motifs is 1. The SMILES string of the molecule is CNCC1c2nc(N)sc2CC[C@H]1C. The van der Waals surface area contributed by atoms with Crippen LogP contribution < -0.4 is 11.1 Å². The zero-order chi connectivity index (χ0) is 10.1. The number of anilines is 1. The fourth-order valence-corrected chi connectivity index (χ4v) is 3.12. The van der Waals surface area contributed by atoms with Crippen LogP contribution in [0.25, 0.3) is 0 Å². The van der Waals surface area contributed by atoms with E-state index in [1.54, 1.807) is 11.3 Å². The molecule has 3 N–H and O–H groups in total. The first kappa shape index (κ1) is 9.93. The third kappa shape index (κ3) is 1.64. The molecule has 0 aliphatic heterocycles. The fraction of sp³-hybridized carbons (Fsp3) is 0.700. The highest BCUT2D eigenvalue weighted by atomic mass is 32.1. The van der Waals surface area contributed by atoms with Crippen molar-refractivity contribution >= 4 is 16.5 Å². The number of thiazole rings is 1. The highest BCUT2D eigenvalue weighted by Gasteiger charge is 2.29. The Morgan fingerprint density at radius 1 is 1.64 bits per heavy atom. The Balaban J connectivity index is 2.30. The van der Waals surface area contributed by atoms with Crippen LogP contribution in [0.5, 0.6) is 0 Å². The summed E-state index contributed by atoms with van der Waals surface area (Å²) in [6.07, 6.45) is 2.42. The molecule has 1 aliphatic rings. The maximum atomic E-state index is 5.75. The summed E-state index contributed by atoms with van der Waals surface area (Å²) >= 11 is 1.66. The van der Waals surface area contributed by atoms with E-state index in [2.05, 4.69) is 17.2 Å². The van der Waals surface area contributed by atoms with Gasteiger partial charge in [-0.15, -0.1) is 11.3 Å². The Morgan fingerprint density at radius 2 is 2.43 bits per heavy atom. The first-order valence-corrected chi connectivity index (χ1v) is 5.93. The minimum atomic E-state index is 0.553. The Hall–Kier alpha value is -0.610. The van der Waals surface area contributed by atoms with Crippen molar-refractivity contribution in [1.82, 2.24) is 10.3 Å². The van der Waals surface area contributed by atoms with Crippen molar-refractivity contribution in [2.24, 2.45) is 5.92 Å². The van der Waals surface area contributed by atoms with Gasteiger partial charge in [0, 0.05) is 17.3 Å². The summed E-state index contributed by atoms with van der Waals surface area (Å²) in [7, 11) is 2.00. The van der Waals surface area contributed by atoms with Crippen LogP contribution in [0.2, 0.25) is 0 Å². The van der Waals surface area contributed by atoms with Crippen LogP contribution in [0.15, 0.2) is 0 Å². The number of likely N-dealkylation sites (N-methyl/N-ethyl adjacent to an activating group) is 1. The number of nitrogens with one attached hydrogen (secondary N) is 1. The zero-order valence-electron chi connectivity index (χ0n) is 8.71. The molecule has 0 saturated heterocycles. The molecular weight excluding hydrogens is 194 g/mol. The molecule has 0 amide bonds. The highest BCUT2D eigenvalue weighted by Crippen LogP contribution is 2.38. The Kier molecular flexibility index (Phi) is 2.74. The number of aryl methyl sites for hydroxylation is 1. The van der Waals surface area contributed by atoms with Crippen LogP contribution in [-0.4, -0.2) is 18.6 Å². The second kappa shape index (κ2) is 3.87. The van der Waals surface area contributed by atoms with Gasteiger partial charge in [-0.05, 0) is 25.8 Å². The van der Waals surface area contributed by atoms with Gasteiger partial charge in [-0.3, -0.25) is 0 Å². The van der Waals surface area contributed by atoms with Gasteiger partial charge in [-0.1, -0.05) is 6.92 Å². The minimum Gasteiger partial charge on any atom is -0.375 e. The molecule has 0 aromatic carbocycles. The van der Waals surface area contributed by atoms with E-state index >= 15 is 0 Å². The van der Waals surface area contributed by atoms with Gasteiger partial charge in [0.1, 0.15) is 0 Å². The second-order valence-electron chi connectivity index (χ2n) is 4.04. The molecule has 0 fully saturated rings. The zero-order valence-corrected chi connectivity index (χ0v) is 9.53. The molecule has 0 spiro atoms. The summed E-state index contributed by atoms with van der Waals surface area (Å²) < 4.78 is 0. The molecule has 78 valence electrons. The van der Waals surface area contributed by atoms with Crippen LogP contribution in [0, 0.1) is 5.92 Å². The first-order valence-electron chi connectivity index (χ1n) is 5.12. The maximum Gasteiger partial charge on any atom is 0.180 e. The van der Waals surface area contributed by atoms with E-state index in [4.69, 9.17) is 5.73 Å². The molecule has 1 heterocycles. The molecule has 1 unspecified atom stereocenters. The van der Waals surface area contributed by atoms with Crippen LogP contribution in [0.3, 0.4) is 0 Å². The predicted molar refractivity (Wildman–Crippen MR) is 60.7 cm³/mol. The third-order valence-corrected chi connectivity index (χ3v) is 3.99. The summed E-state index contributed by atoms with van der Waals surface area (Å²) in [4.78, 5) is 5.86. The Morgan fingerprint density at radius 3 is 3.14 bits per heavy atom. The van der Waals surface area contributed by atoms with E-state index in [-0.39, 0.29) is 0 Å². The van der Waals surface area contributed by atoms with Crippen LogP contribution in [0.1, 0.15) is 29.8 Å². The molecule has 2 atom stereocenters. The highest BCUT2D eigenvalue weighted by molar-refractivity contribution is 7.15. The van der Waals surface area contributed by atoms with Gasteiger partial charge in [0.15, 0.2) is 5.13 Å². The van der Waals surface area contributed by atoms with Gasteiger partial charge < -0.3 is 11.1 Å². The summed E-state index contributed by atoms with van der Waals surface area (Å²) in [5.74, 6) is 1.27. The monoisotopic (exact) mass is 211 g/mol. The minimum absolute atomic E-state index is 0.553. The number of hydrogen-bond acceptors (Lipinski definition) is 4. The van der Waals surface area contributed by atoms with E-state index in [0.29, 0.717) is 5.92 Å². The number of nitrogen functional groups attached to an aromatic ring is 1. The largest absolute Gasteiger partial charge is 0.375 e. The number of aromatic nitrogens is 1. The lowest BCUT2D eigenvalue weighted by atomic mass is 9.82. The van der Waals surface area contributed by atoms with E-state index in [0.717, 1.165) is 24.0 Å². The van der Waals surface area contributed by atoms with Crippen molar-refractivity contribution in [1.29, 1.82) is 0 Å². The molecule has 0 radical (unpaired) electrons. The average molecular weight is 211 g/mol. The lowest BCUT2D eigenvalue weighted by Gasteiger charge is -2.27. The van der Waals surface area contributed by atoms with Gasteiger partial charge in [-0.2, -0.15) is 0 Å². The van der Waals surface area contributed by atoms with Gasteiger partial charge in [0.2, 0.25) is 0 Å². The number of rotatable bonds is 2. The van der Waals surface area contributed by atoms with E-state index in [1.165, 1.54) is 17.0 Å². The number of nitrogens with two attached hydrogens (primary N) is 1. The fourth-order valence-electron chi connectivity index (χ4n) is 2.20. The molecule has 0 saturated carbocycles. The molecule has 1 aromatic rings. The molecular formula is C10H17N3S. The third-order valence-electron chi connectivity index (χ3n) is 3.03. The van der Waals surface area contributed by atoms with Crippen molar-refractivity contribution < 1.29 is 0 Å². The average Bonchev–Trinajstić information content (AvgIpc) is 2.51. The van der Waals surface area contributed by atoms with Crippen molar-refractivity contribution in [3.8, 4) is 0 Å². The summed E-state index contributed by atoms with van der Waals surface area (Å²) in [6.45, 7) is 3.32. The van der Waals surface area contributed by atoms with Gasteiger partial charge in [0.05, 0.1) is 5.69 Å². The van der Waals surface area contributed by atoms with Crippen molar-refractivity contribution in [3.05, 3.63) is 10.6 Å². The van der Waals surface area contributed by atoms with Crippen LogP contribution in [0.4, 0.5) is 5.13 Å². The van der Waals surface area contributed by atoms with Crippen LogP contribution in [-0.2, 0) is 6.42 Å². The summed E-state index contributed by atoms with van der Waals surface area (Å²) in [5.41, 5.74) is 7.00. The molecule has 0 bridgehead atoms. The number of hydrogen-bond donors (Lipinski definition) is 2. The smallest absolute Gasteiger partial charge is 0.180 e. The van der Waals surface area contributed by atoms with Gasteiger partial charge >= 0.3 is 0 Å². The predicted octanol–water partition coefficient (Wildman–Crippen LogP) is 1.61. The Bertz CT molecular complexity index is 321. The number of nitrogens with zero attached hydrogens (tertiary/aromatic N) is 1. The van der Waals surface area contributed by atoms with E-state index < -0.39 is 0 Å². The molecule has 14 heavy (non-hydrogen) atoms. The Labute approximate surface area is 88.7 Å². The first-order chi connectivity index (χ1) is 6.72. The van der Waals surface area contributed by atoms with E-state index in [9.17, 15) is 0 Å². The summed E-state index contributed by atoms with van der Waals surface area (Å²) in [6, 6.07) is 0. The lowest BCUT2D eigenvalue weighted by molar-refractivity contribution is 0.389. The lowest BCUT2D eigenvalue weighted by Crippen LogP contribution is -2.27. The maximum absolute atomic E-state index is 5.75. The molecule has 2 rings (SSSR count). The van der Waals surface area contributed by atoms with Crippen molar-refractivity contribution in [2.75, 3.05) is 19.3 Å². The topological polar surface area (TPSA) is 50.9 Å². The van der Waals surface area contributed by atoms with Crippen molar-refractivity contribution in [3.63, 3.8) is 0 Å². The molecule has 3 nitrogen and oxygen atoms in total. The quantitative estimate of drug-likeness (QED) is 0.781. The van der Waals surface area contributed by atoms with Gasteiger partial charge in [0.25, 0.3) is 0 Å². The van der Waals surface area contributed by atoms with Gasteiger partial charge in [-0.25, -0.2) is 4.98 Å². The molecule has 4 heteroatoms. The molecule has 1 aromatic heterocycles. The molecule has 1 aliphatic carbocycles. The van der Waals surface area contributed by atoms with Crippen LogP contribution >= 0.6 is 11.3 Å².